The van der Waals surface area contributed by atoms with Crippen molar-refractivity contribution in [3.8, 4) is 11.5 Å². The van der Waals surface area contributed by atoms with Gasteiger partial charge in [0.05, 0.1) is 11.5 Å². The van der Waals surface area contributed by atoms with E-state index in [-0.39, 0.29) is 11.4 Å². The molecule has 0 aromatic heterocycles. The van der Waals surface area contributed by atoms with E-state index in [0.717, 1.165) is 25.9 Å². The van der Waals surface area contributed by atoms with Crippen molar-refractivity contribution in [1.29, 1.82) is 0 Å². The molecule has 6 nitrogen and oxygen atoms in total. The van der Waals surface area contributed by atoms with Gasteiger partial charge in [-0.05, 0) is 25.5 Å². The van der Waals surface area contributed by atoms with Crippen LogP contribution in [0.1, 0.15) is 26.7 Å². The zero-order valence-electron chi connectivity index (χ0n) is 12.1. The number of nitrogens with one attached hydrogen (secondary N) is 1. The molecule has 6 heteroatoms. The summed E-state index contributed by atoms with van der Waals surface area (Å²) in [6, 6.07) is 4.59. The predicted octanol–water partition coefficient (Wildman–Crippen LogP) is 2.76. The smallest absolute Gasteiger partial charge is 0.311 e. The second-order valence-corrected chi connectivity index (χ2v) is 4.33. The SMILES string of the molecule is CCCNCCOc1ccc([N+](=O)[O-])c(OCCC)c1. The summed E-state index contributed by atoms with van der Waals surface area (Å²) in [6.07, 6.45) is 1.87. The molecule has 0 fully saturated rings. The van der Waals surface area contributed by atoms with Gasteiger partial charge in [-0.15, -0.1) is 0 Å². The lowest BCUT2D eigenvalue weighted by molar-refractivity contribution is -0.385. The third kappa shape index (κ3) is 5.44. The van der Waals surface area contributed by atoms with E-state index >= 15 is 0 Å². The van der Waals surface area contributed by atoms with E-state index in [1.54, 1.807) is 12.1 Å². The lowest BCUT2D eigenvalue weighted by atomic mass is 10.3. The Morgan fingerprint density at radius 3 is 2.60 bits per heavy atom. The zero-order chi connectivity index (χ0) is 14.8. The molecule has 1 aromatic carbocycles. The van der Waals surface area contributed by atoms with Crippen molar-refractivity contribution in [3.63, 3.8) is 0 Å². The Bertz CT molecular complexity index is 424. The van der Waals surface area contributed by atoms with Crippen LogP contribution in [0.4, 0.5) is 5.69 Å². The molecule has 0 saturated carbocycles. The summed E-state index contributed by atoms with van der Waals surface area (Å²) in [6.45, 7) is 6.71. The summed E-state index contributed by atoms with van der Waals surface area (Å²) in [5.74, 6) is 0.843. The van der Waals surface area contributed by atoms with E-state index < -0.39 is 4.92 Å². The lowest BCUT2D eigenvalue weighted by Crippen LogP contribution is -2.21. The number of hydrogen-bond donors (Lipinski definition) is 1. The summed E-state index contributed by atoms with van der Waals surface area (Å²) in [7, 11) is 0. The van der Waals surface area contributed by atoms with Gasteiger partial charge in [-0.25, -0.2) is 0 Å². The van der Waals surface area contributed by atoms with Crippen molar-refractivity contribution in [3.05, 3.63) is 28.3 Å². The maximum absolute atomic E-state index is 10.9. The largest absolute Gasteiger partial charge is 0.492 e. The highest BCUT2D eigenvalue weighted by atomic mass is 16.6. The van der Waals surface area contributed by atoms with Crippen molar-refractivity contribution in [2.45, 2.75) is 26.7 Å². The molecule has 0 bridgehead atoms. The van der Waals surface area contributed by atoms with Crippen LogP contribution < -0.4 is 14.8 Å². The molecule has 1 rings (SSSR count). The van der Waals surface area contributed by atoms with Gasteiger partial charge in [0.2, 0.25) is 5.75 Å². The fourth-order valence-corrected chi connectivity index (χ4v) is 1.61. The number of nitro groups is 1. The first kappa shape index (κ1) is 16.2. The summed E-state index contributed by atoms with van der Waals surface area (Å²) < 4.78 is 10.9. The highest BCUT2D eigenvalue weighted by Gasteiger charge is 2.15. The molecular formula is C14H22N2O4. The molecule has 0 spiro atoms. The summed E-state index contributed by atoms with van der Waals surface area (Å²) in [5, 5.41) is 14.1. The van der Waals surface area contributed by atoms with Crippen LogP contribution in [-0.2, 0) is 0 Å². The van der Waals surface area contributed by atoms with Crippen LogP contribution in [0.3, 0.4) is 0 Å². The van der Waals surface area contributed by atoms with Crippen molar-refractivity contribution in [2.75, 3.05) is 26.3 Å². The zero-order valence-corrected chi connectivity index (χ0v) is 12.1. The first-order chi connectivity index (χ1) is 9.69. The van der Waals surface area contributed by atoms with Crippen LogP contribution >= 0.6 is 0 Å². The van der Waals surface area contributed by atoms with Crippen molar-refractivity contribution in [1.82, 2.24) is 5.32 Å². The van der Waals surface area contributed by atoms with Crippen molar-refractivity contribution < 1.29 is 14.4 Å². The maximum atomic E-state index is 10.9. The number of benzene rings is 1. The van der Waals surface area contributed by atoms with Gasteiger partial charge >= 0.3 is 5.69 Å². The van der Waals surface area contributed by atoms with E-state index in [9.17, 15) is 10.1 Å². The van der Waals surface area contributed by atoms with E-state index in [0.29, 0.717) is 19.0 Å². The number of nitrogens with zero attached hydrogens (tertiary/aromatic N) is 1. The molecule has 0 heterocycles. The van der Waals surface area contributed by atoms with Crippen molar-refractivity contribution in [2.24, 2.45) is 0 Å². The van der Waals surface area contributed by atoms with Crippen LogP contribution in [-0.4, -0.2) is 31.2 Å². The third-order valence-corrected chi connectivity index (χ3v) is 2.56. The quantitative estimate of drug-likeness (QED) is 0.406. The highest BCUT2D eigenvalue weighted by molar-refractivity contribution is 5.50. The number of rotatable bonds is 10. The molecule has 0 amide bonds. The maximum Gasteiger partial charge on any atom is 0.311 e. The molecule has 0 aliphatic heterocycles. The molecule has 0 unspecified atom stereocenters. The van der Waals surface area contributed by atoms with Crippen LogP contribution in [0.2, 0.25) is 0 Å². The number of nitro benzene ring substituents is 1. The number of hydrogen-bond acceptors (Lipinski definition) is 5. The van der Waals surface area contributed by atoms with E-state index in [1.807, 2.05) is 6.92 Å². The van der Waals surface area contributed by atoms with Gasteiger partial charge in [0.1, 0.15) is 12.4 Å². The molecule has 20 heavy (non-hydrogen) atoms. The summed E-state index contributed by atoms with van der Waals surface area (Å²) >= 11 is 0. The molecule has 1 N–H and O–H groups in total. The first-order valence-electron chi connectivity index (χ1n) is 6.93. The van der Waals surface area contributed by atoms with Gasteiger partial charge in [0.25, 0.3) is 0 Å². The molecular weight excluding hydrogens is 260 g/mol. The van der Waals surface area contributed by atoms with Crippen molar-refractivity contribution >= 4 is 5.69 Å². The monoisotopic (exact) mass is 282 g/mol. The van der Waals surface area contributed by atoms with Crippen LogP contribution in [0, 0.1) is 10.1 Å². The third-order valence-electron chi connectivity index (χ3n) is 2.56. The van der Waals surface area contributed by atoms with Gasteiger partial charge in [-0.2, -0.15) is 0 Å². The predicted molar refractivity (Wildman–Crippen MR) is 77.5 cm³/mol. The van der Waals surface area contributed by atoms with E-state index in [4.69, 9.17) is 9.47 Å². The lowest BCUT2D eigenvalue weighted by Gasteiger charge is -2.10. The van der Waals surface area contributed by atoms with E-state index in [1.165, 1.54) is 6.07 Å². The molecule has 1 aromatic rings. The molecule has 0 saturated heterocycles. The van der Waals surface area contributed by atoms with Gasteiger partial charge in [0, 0.05) is 18.7 Å². The van der Waals surface area contributed by atoms with Crippen LogP contribution in [0.25, 0.3) is 0 Å². The minimum atomic E-state index is -0.447. The first-order valence-corrected chi connectivity index (χ1v) is 6.93. The molecule has 0 atom stereocenters. The summed E-state index contributed by atoms with van der Waals surface area (Å²) in [4.78, 5) is 10.5. The molecule has 0 radical (unpaired) electrons. The fraction of sp³-hybridized carbons (Fsp3) is 0.571. The molecule has 112 valence electrons. The van der Waals surface area contributed by atoms with Gasteiger partial charge in [0.15, 0.2) is 0 Å². The Kier molecular flexibility index (Phi) is 7.42. The molecule has 0 aliphatic rings. The van der Waals surface area contributed by atoms with Gasteiger partial charge in [-0.3, -0.25) is 10.1 Å². The Balaban J connectivity index is 2.61. The van der Waals surface area contributed by atoms with Gasteiger partial charge < -0.3 is 14.8 Å². The summed E-state index contributed by atoms with van der Waals surface area (Å²) in [5.41, 5.74) is -0.0325. The Hall–Kier alpha value is -1.82. The van der Waals surface area contributed by atoms with Crippen LogP contribution in [0.5, 0.6) is 11.5 Å². The Morgan fingerprint density at radius 2 is 1.95 bits per heavy atom. The standard InChI is InChI=1S/C14H22N2O4/c1-3-7-15-8-10-19-12-5-6-13(16(17)18)14(11-12)20-9-4-2/h5-6,11,15H,3-4,7-10H2,1-2H3. The average molecular weight is 282 g/mol. The highest BCUT2D eigenvalue weighted by Crippen LogP contribution is 2.31. The topological polar surface area (TPSA) is 73.6 Å². The minimum absolute atomic E-state index is 0.0325. The number of ether oxygens (including phenoxy) is 2. The van der Waals surface area contributed by atoms with Gasteiger partial charge in [-0.1, -0.05) is 13.8 Å². The fourth-order valence-electron chi connectivity index (χ4n) is 1.61. The second kappa shape index (κ2) is 9.14. The normalized spacial score (nSPS) is 10.3. The minimum Gasteiger partial charge on any atom is -0.492 e. The Labute approximate surface area is 119 Å². The van der Waals surface area contributed by atoms with E-state index in [2.05, 4.69) is 12.2 Å². The Morgan fingerprint density at radius 1 is 1.15 bits per heavy atom. The average Bonchev–Trinajstić information content (AvgIpc) is 2.44. The van der Waals surface area contributed by atoms with Crippen LogP contribution in [0.15, 0.2) is 18.2 Å². The second-order valence-electron chi connectivity index (χ2n) is 4.33. The molecule has 0 aliphatic carbocycles.